The van der Waals surface area contributed by atoms with E-state index in [1.165, 1.54) is 15.7 Å². The number of sulfone groups is 1. The zero-order valence-electron chi connectivity index (χ0n) is 39.7. The Hall–Kier alpha value is -5.85. The number of amides is 2. The second kappa shape index (κ2) is 22.1. The number of hydrogen-bond acceptors (Lipinski definition) is 7. The fourth-order valence-electron chi connectivity index (χ4n) is 7.92. The van der Waals surface area contributed by atoms with Crippen LogP contribution in [0.5, 0.6) is 0 Å². The summed E-state index contributed by atoms with van der Waals surface area (Å²) in [5.74, 6) is -2.87. The molecule has 0 bridgehead atoms. The third kappa shape index (κ3) is 12.0. The Morgan fingerprint density at radius 3 is 1.30 bits per heavy atom. The average molecular weight is 1140 g/mol. The number of methoxy groups -OCH3 is 1. The number of aromatic nitrogens is 3. The largest absolute Gasteiger partial charge is 0.477 e. The summed E-state index contributed by atoms with van der Waals surface area (Å²) in [5, 5.41) is 19.3. The van der Waals surface area contributed by atoms with Crippen LogP contribution < -0.4 is 10.6 Å². The number of carboxylic acids is 1. The molecule has 366 valence electrons. The lowest BCUT2D eigenvalue weighted by Gasteiger charge is -2.15. The number of aryl methyl sites for hydroxylation is 6. The minimum atomic E-state index is -3.79. The topological polar surface area (TPSA) is 171 Å². The molecule has 0 spiro atoms. The molecular formula is C52H51Cl3IN5O8S. The number of carboxylic acid groups (broad SMARTS) is 1. The Morgan fingerprint density at radius 1 is 0.600 bits per heavy atom. The normalized spacial score (nSPS) is 12.1. The summed E-state index contributed by atoms with van der Waals surface area (Å²) in [6.45, 7) is 9.65. The van der Waals surface area contributed by atoms with Crippen LogP contribution in [0.15, 0.2) is 108 Å². The Labute approximate surface area is 434 Å². The van der Waals surface area contributed by atoms with Gasteiger partial charge >= 0.3 is 11.9 Å². The molecular weight excluding hydrogens is 1090 g/mol. The van der Waals surface area contributed by atoms with E-state index in [1.807, 2.05) is 106 Å². The van der Waals surface area contributed by atoms with Gasteiger partial charge in [-0.1, -0.05) is 59.1 Å². The highest BCUT2D eigenvalue weighted by atomic mass is 127. The number of nitrogens with zero attached hydrogens (tertiary/aromatic N) is 3. The Morgan fingerprint density at radius 2 is 0.943 bits per heavy atom. The quantitative estimate of drug-likeness (QED) is 0.0897. The molecule has 70 heavy (non-hydrogen) atoms. The van der Waals surface area contributed by atoms with Gasteiger partial charge in [-0.25, -0.2) is 13.2 Å². The van der Waals surface area contributed by atoms with Crippen molar-refractivity contribution in [2.75, 3.05) is 12.9 Å². The first-order valence-corrected chi connectivity index (χ1v) is 25.5. The number of carbonyl (C=O) groups excluding carboxylic acids is 3. The third-order valence-corrected chi connectivity index (χ3v) is 15.1. The van der Waals surface area contributed by atoms with Crippen molar-refractivity contribution in [3.05, 3.63) is 167 Å². The van der Waals surface area contributed by atoms with E-state index in [1.54, 1.807) is 54.4 Å². The summed E-state index contributed by atoms with van der Waals surface area (Å²) in [7, 11) is 2.77. The molecule has 0 aliphatic carbocycles. The number of carbonyl (C=O) groups is 4. The summed E-state index contributed by atoms with van der Waals surface area (Å²) < 4.78 is 35.4. The van der Waals surface area contributed by atoms with E-state index in [9.17, 15) is 27.6 Å². The van der Waals surface area contributed by atoms with Crippen molar-refractivity contribution in [3.8, 4) is 0 Å². The highest BCUT2D eigenvalue weighted by molar-refractivity contribution is 14.1. The lowest BCUT2D eigenvalue weighted by Crippen LogP contribution is -2.28. The maximum absolute atomic E-state index is 12.9. The van der Waals surface area contributed by atoms with Crippen molar-refractivity contribution in [2.24, 2.45) is 21.1 Å². The molecule has 0 unspecified atom stereocenters. The molecule has 3 heterocycles. The number of hydrogen-bond donors (Lipinski definition) is 3. The Bertz CT molecular complexity index is 3440. The van der Waals surface area contributed by atoms with Crippen LogP contribution in [0.3, 0.4) is 0 Å². The molecule has 2 amide bonds. The summed E-state index contributed by atoms with van der Waals surface area (Å²) in [6.07, 6.45) is 0. The summed E-state index contributed by atoms with van der Waals surface area (Å²) >= 11 is 21.0. The number of fused-ring (bicyclic) bond motifs is 3. The smallest absolute Gasteiger partial charge is 0.352 e. The predicted molar refractivity (Wildman–Crippen MR) is 286 cm³/mol. The number of nitrogens with one attached hydrogen (secondary N) is 2. The highest BCUT2D eigenvalue weighted by Gasteiger charge is 2.23. The number of benzene rings is 5. The van der Waals surface area contributed by atoms with Crippen molar-refractivity contribution in [1.82, 2.24) is 24.3 Å². The van der Waals surface area contributed by atoms with E-state index < -0.39 is 27.5 Å². The van der Waals surface area contributed by atoms with Crippen LogP contribution in [0, 0.1) is 24.3 Å². The third-order valence-electron chi connectivity index (χ3n) is 11.8. The molecule has 13 nitrogen and oxygen atoms in total. The zero-order valence-corrected chi connectivity index (χ0v) is 45.0. The fourth-order valence-corrected chi connectivity index (χ4v) is 10.4. The molecule has 3 N–H and O–H groups in total. The van der Waals surface area contributed by atoms with Crippen molar-refractivity contribution < 1.29 is 37.4 Å². The lowest BCUT2D eigenvalue weighted by atomic mass is 10.1. The zero-order chi connectivity index (χ0) is 51.5. The van der Waals surface area contributed by atoms with Crippen LogP contribution in [0.2, 0.25) is 15.1 Å². The maximum atomic E-state index is 12.9. The number of halogens is 4. The van der Waals surface area contributed by atoms with Crippen LogP contribution in [0.1, 0.15) is 85.2 Å². The minimum Gasteiger partial charge on any atom is -0.477 e. The van der Waals surface area contributed by atoms with Crippen molar-refractivity contribution in [3.63, 3.8) is 0 Å². The molecule has 3 aromatic heterocycles. The van der Waals surface area contributed by atoms with Crippen LogP contribution in [-0.2, 0) is 40.5 Å². The van der Waals surface area contributed by atoms with Gasteiger partial charge in [0.25, 0.3) is 11.8 Å². The molecule has 0 aliphatic rings. The second-order valence-electron chi connectivity index (χ2n) is 17.0. The van der Waals surface area contributed by atoms with Crippen molar-refractivity contribution in [1.29, 1.82) is 0 Å². The molecule has 0 aliphatic heterocycles. The Kier molecular flexibility index (Phi) is 16.9. The Balaban J connectivity index is 0.000000182. The highest BCUT2D eigenvalue weighted by Crippen LogP contribution is 2.31. The minimum absolute atomic E-state index is 0.0128. The number of esters is 1. The number of ether oxygens (including phenoxy) is 1. The van der Waals surface area contributed by atoms with Crippen LogP contribution in [0.25, 0.3) is 32.7 Å². The van der Waals surface area contributed by atoms with Gasteiger partial charge in [0.1, 0.15) is 17.1 Å². The summed E-state index contributed by atoms with van der Waals surface area (Å²) in [4.78, 5) is 47.8. The maximum Gasteiger partial charge on any atom is 0.352 e. The number of rotatable bonds is 10. The van der Waals surface area contributed by atoms with Crippen LogP contribution in [-0.4, -0.2) is 63.8 Å². The molecule has 0 radical (unpaired) electrons. The van der Waals surface area contributed by atoms with E-state index in [2.05, 4.69) is 38.0 Å². The summed E-state index contributed by atoms with van der Waals surface area (Å²) in [5.41, 5.74) is 8.89. The average Bonchev–Trinajstić information content (AvgIpc) is 3.94. The number of aromatic carboxylic acids is 1. The SMILES string of the molecule is COC(=O)CS(=O)(=O)c1ccc([C@@H](C)NC(=O)c2cc3c(Cl)cc(C)cc3n2C)cc1.Cc1cc(Cl)c2cc(C(=O)N[C@H](C)c3ccc(I)cc3)n(C)c2c1.Cc1cc(Cl)c2cc(C(=O)O)n(C)c2c1. The molecule has 0 saturated heterocycles. The van der Waals surface area contributed by atoms with Gasteiger partial charge in [-0.15, -0.1) is 0 Å². The summed E-state index contributed by atoms with van der Waals surface area (Å²) in [6, 6.07) is 30.5. The van der Waals surface area contributed by atoms with E-state index in [0.717, 1.165) is 67.6 Å². The van der Waals surface area contributed by atoms with Gasteiger partial charge < -0.3 is 34.2 Å². The second-order valence-corrected chi connectivity index (χ2v) is 21.4. The molecule has 18 heteroatoms. The first kappa shape index (κ1) is 53.5. The van der Waals surface area contributed by atoms with E-state index in [-0.39, 0.29) is 34.5 Å². The fraction of sp³-hybridized carbons (Fsp3) is 0.231. The van der Waals surface area contributed by atoms with Gasteiger partial charge in [-0.3, -0.25) is 14.4 Å². The molecule has 8 aromatic rings. The van der Waals surface area contributed by atoms with Gasteiger partial charge in [0.15, 0.2) is 15.6 Å². The molecule has 0 saturated carbocycles. The first-order chi connectivity index (χ1) is 32.9. The van der Waals surface area contributed by atoms with E-state index in [0.29, 0.717) is 26.5 Å². The molecule has 5 aromatic carbocycles. The first-order valence-electron chi connectivity index (χ1n) is 21.7. The van der Waals surface area contributed by atoms with Crippen molar-refractivity contribution >= 4 is 124 Å². The van der Waals surface area contributed by atoms with Gasteiger partial charge in [0.2, 0.25) is 0 Å². The van der Waals surface area contributed by atoms with Crippen molar-refractivity contribution in [2.45, 2.75) is 51.6 Å². The monoisotopic (exact) mass is 1140 g/mol. The van der Waals surface area contributed by atoms with Gasteiger partial charge in [0.05, 0.1) is 55.7 Å². The predicted octanol–water partition coefficient (Wildman–Crippen LogP) is 11.7. The van der Waals surface area contributed by atoms with Crippen LogP contribution >= 0.6 is 57.4 Å². The van der Waals surface area contributed by atoms with Gasteiger partial charge in [0, 0.05) is 40.9 Å². The van der Waals surface area contributed by atoms with Crippen LogP contribution in [0.4, 0.5) is 0 Å². The van der Waals surface area contributed by atoms with E-state index >= 15 is 0 Å². The molecule has 0 fully saturated rings. The molecule has 8 rings (SSSR count). The van der Waals surface area contributed by atoms with Gasteiger partial charge in [-0.05, 0) is 164 Å². The van der Waals surface area contributed by atoms with Gasteiger partial charge in [-0.2, -0.15) is 0 Å². The lowest BCUT2D eigenvalue weighted by molar-refractivity contribution is -0.137. The molecule has 2 atom stereocenters. The standard InChI is InChI=1S/C22H23ClN2O5S.C19H18ClIN2O.C11H10ClNO2/c1-13-9-18(23)17-11-20(25(3)19(17)10-13)22(27)24-14(2)15-5-7-16(8-6-15)31(28,29)12-21(26)30-4;1-11-8-16(20)15-10-18(23(3)17(15)9-11)19(24)22-12(2)13-4-6-14(21)7-5-13;1-6-3-8(12)7-5-10(11(14)15)13(2)9(7)4-6/h5-11,14H,12H2,1-4H3,(H,24,27);4-10,12H,1-3H3,(H,22,24);3-5H,1-2H3,(H,14,15)/t14-;12-;/m11./s1. The van der Waals surface area contributed by atoms with E-state index in [4.69, 9.17) is 39.9 Å².